The third kappa shape index (κ3) is 6.54. The van der Waals surface area contributed by atoms with Gasteiger partial charge >= 0.3 is 0 Å². The van der Waals surface area contributed by atoms with Crippen LogP contribution >= 0.6 is 0 Å². The predicted octanol–water partition coefficient (Wildman–Crippen LogP) is 5.12. The first kappa shape index (κ1) is 32.5. The number of nitrogens with one attached hydrogen (secondary N) is 2. The van der Waals surface area contributed by atoms with Crippen LogP contribution in [0.25, 0.3) is 11.1 Å². The molecule has 3 saturated heterocycles. The lowest BCUT2D eigenvalue weighted by molar-refractivity contribution is -0.111. The molecule has 3 aliphatic heterocycles. The first-order chi connectivity index (χ1) is 23.5. The Balaban J connectivity index is 1.12. The van der Waals surface area contributed by atoms with Crippen LogP contribution < -0.4 is 25.3 Å². The Morgan fingerprint density at radius 2 is 1.80 bits per heavy atom. The van der Waals surface area contributed by atoms with Crippen molar-refractivity contribution in [3.63, 3.8) is 0 Å². The molecule has 0 unspecified atom stereocenters. The number of sulfonamides is 1. The number of amides is 1. The second-order valence-electron chi connectivity index (χ2n) is 12.6. The Labute approximate surface area is 284 Å². The van der Waals surface area contributed by atoms with Crippen molar-refractivity contribution >= 4 is 44.6 Å². The van der Waals surface area contributed by atoms with Crippen LogP contribution in [0.3, 0.4) is 0 Å². The summed E-state index contributed by atoms with van der Waals surface area (Å²) in [4.78, 5) is 29.5. The zero-order chi connectivity index (χ0) is 34.3. The van der Waals surface area contributed by atoms with Crippen molar-refractivity contribution in [1.29, 1.82) is 0 Å². The van der Waals surface area contributed by atoms with Crippen LogP contribution in [-0.4, -0.2) is 74.7 Å². The number of hydroxylamine groups is 1. The van der Waals surface area contributed by atoms with Crippen molar-refractivity contribution in [1.82, 2.24) is 14.3 Å². The fourth-order valence-corrected chi connectivity index (χ4v) is 7.73. The van der Waals surface area contributed by atoms with Gasteiger partial charge in [-0.15, -0.1) is 0 Å². The van der Waals surface area contributed by atoms with Crippen molar-refractivity contribution in [2.75, 3.05) is 66.7 Å². The molecule has 1 atom stereocenters. The number of halogens is 1. The quantitative estimate of drug-likeness (QED) is 0.217. The molecule has 0 saturated carbocycles. The highest BCUT2D eigenvalue weighted by atomic mass is 32.2. The van der Waals surface area contributed by atoms with Crippen LogP contribution in [0.2, 0.25) is 0 Å². The largest absolute Gasteiger partial charge is 0.494 e. The van der Waals surface area contributed by atoms with E-state index in [4.69, 9.17) is 9.57 Å². The summed E-state index contributed by atoms with van der Waals surface area (Å²) < 4.78 is 45.0. The summed E-state index contributed by atoms with van der Waals surface area (Å²) in [5.74, 6) is 0.868. The molecule has 0 bridgehead atoms. The van der Waals surface area contributed by atoms with Gasteiger partial charge < -0.3 is 20.3 Å². The summed E-state index contributed by atoms with van der Waals surface area (Å²) >= 11 is 0. The molecule has 1 spiro atoms. The van der Waals surface area contributed by atoms with Crippen LogP contribution in [0.1, 0.15) is 18.0 Å². The normalized spacial score (nSPS) is 18.5. The van der Waals surface area contributed by atoms with Crippen LogP contribution in [0, 0.1) is 11.2 Å². The fraction of sp³-hybridized carbons (Fsp3) is 0.286. The fourth-order valence-electron chi connectivity index (χ4n) is 6.72. The molecule has 12 nitrogen and oxygen atoms in total. The predicted molar refractivity (Wildman–Crippen MR) is 186 cm³/mol. The number of aromatic nitrogens is 2. The average molecular weight is 686 g/mol. The smallest absolute Gasteiger partial charge is 0.247 e. The van der Waals surface area contributed by atoms with E-state index in [1.807, 2.05) is 36.4 Å². The van der Waals surface area contributed by atoms with E-state index in [1.54, 1.807) is 30.4 Å². The molecule has 3 aromatic carbocycles. The van der Waals surface area contributed by atoms with Crippen molar-refractivity contribution < 1.29 is 27.2 Å². The average Bonchev–Trinajstić information content (AvgIpc) is 3.54. The molecule has 49 heavy (non-hydrogen) atoms. The minimum atomic E-state index is -3.22. The maximum Gasteiger partial charge on any atom is 0.247 e. The Kier molecular flexibility index (Phi) is 8.47. The monoisotopic (exact) mass is 685 g/mol. The van der Waals surface area contributed by atoms with E-state index in [1.165, 1.54) is 35.1 Å². The topological polar surface area (TPSA) is 129 Å². The van der Waals surface area contributed by atoms with Gasteiger partial charge in [-0.1, -0.05) is 36.9 Å². The van der Waals surface area contributed by atoms with Gasteiger partial charge in [0.25, 0.3) is 0 Å². The number of benzene rings is 3. The minimum absolute atomic E-state index is 0.111. The third-order valence-electron chi connectivity index (χ3n) is 9.12. The number of hydrogen-bond donors (Lipinski definition) is 2. The number of ether oxygens (including phenoxy) is 1. The SMILES string of the molecule is C=CC(=O)Nc1cc(Nc2cc(N3OCC[C@@H]3c3cccc(-c4cccc(F)c4)c3)ncn2)c(OC)cc1N1CC2(C1)CN(S(C)(=O)=O)C2. The Bertz CT molecular complexity index is 2030. The number of hydrogen-bond acceptors (Lipinski definition) is 10. The molecular weight excluding hydrogens is 649 g/mol. The van der Waals surface area contributed by atoms with Gasteiger partial charge in [0.2, 0.25) is 15.9 Å². The standard InChI is InChI=1S/C35H36FN7O5S/c1-4-34(44)40-27-15-28(31(47-2)16-30(27)41-18-35(19-41)20-42(21-35)49(3,45)46)39-32-17-33(38-22-37-32)43-29(11-12-48-43)25-9-5-7-23(13-25)24-8-6-10-26(36)14-24/h4-10,13-17,22,29H,1,11-12,18-21H2,2-3H3,(H,40,44)(H,37,38,39)/t29-/m1/s1. The van der Waals surface area contributed by atoms with Crippen molar-refractivity contribution in [2.45, 2.75) is 12.5 Å². The molecule has 1 aromatic heterocycles. The minimum Gasteiger partial charge on any atom is -0.494 e. The first-order valence-corrected chi connectivity index (χ1v) is 17.6. The number of carbonyl (C=O) groups excluding carboxylic acids is 1. The Morgan fingerprint density at radius 3 is 2.51 bits per heavy atom. The molecule has 7 rings (SSSR count). The van der Waals surface area contributed by atoms with Crippen molar-refractivity contribution in [3.8, 4) is 16.9 Å². The number of anilines is 5. The van der Waals surface area contributed by atoms with Crippen LogP contribution in [0.5, 0.6) is 5.75 Å². The Morgan fingerprint density at radius 1 is 1.04 bits per heavy atom. The van der Waals surface area contributed by atoms with Gasteiger partial charge in [-0.05, 0) is 47.0 Å². The van der Waals surface area contributed by atoms with E-state index < -0.39 is 10.0 Å². The summed E-state index contributed by atoms with van der Waals surface area (Å²) in [5.41, 5.74) is 4.43. The molecule has 3 fully saturated rings. The molecular formula is C35H36FN7O5S. The zero-order valence-corrected chi connectivity index (χ0v) is 27.9. The third-order valence-corrected chi connectivity index (χ3v) is 10.3. The van der Waals surface area contributed by atoms with Gasteiger partial charge in [0.05, 0.1) is 43.1 Å². The highest BCUT2D eigenvalue weighted by molar-refractivity contribution is 7.88. The van der Waals surface area contributed by atoms with Gasteiger partial charge in [0.1, 0.15) is 23.7 Å². The zero-order valence-electron chi connectivity index (χ0n) is 27.1. The highest BCUT2D eigenvalue weighted by Gasteiger charge is 2.54. The van der Waals surface area contributed by atoms with Crippen LogP contribution in [0.15, 0.2) is 85.7 Å². The van der Waals surface area contributed by atoms with E-state index in [0.29, 0.717) is 61.5 Å². The summed E-state index contributed by atoms with van der Waals surface area (Å²) in [6.07, 6.45) is 4.59. The van der Waals surface area contributed by atoms with Crippen LogP contribution in [0.4, 0.5) is 33.1 Å². The van der Waals surface area contributed by atoms with E-state index in [0.717, 1.165) is 28.8 Å². The van der Waals surface area contributed by atoms with E-state index in [9.17, 15) is 17.6 Å². The molecule has 4 aromatic rings. The molecule has 0 aliphatic carbocycles. The summed E-state index contributed by atoms with van der Waals surface area (Å²) in [6, 6.07) is 19.7. The van der Waals surface area contributed by atoms with Gasteiger partial charge in [-0.3, -0.25) is 9.63 Å². The molecule has 254 valence electrons. The van der Waals surface area contributed by atoms with E-state index in [2.05, 4.69) is 32.1 Å². The lowest BCUT2D eigenvalue weighted by atomic mass is 9.74. The van der Waals surface area contributed by atoms with Gasteiger partial charge in [0.15, 0.2) is 5.82 Å². The van der Waals surface area contributed by atoms with Crippen molar-refractivity contribution in [3.05, 3.63) is 97.1 Å². The first-order valence-electron chi connectivity index (χ1n) is 15.8. The molecule has 4 heterocycles. The molecule has 0 radical (unpaired) electrons. The molecule has 14 heteroatoms. The van der Waals surface area contributed by atoms with E-state index >= 15 is 0 Å². The number of carbonyl (C=O) groups is 1. The molecule has 2 N–H and O–H groups in total. The van der Waals surface area contributed by atoms with Crippen molar-refractivity contribution in [2.24, 2.45) is 5.41 Å². The number of rotatable bonds is 10. The van der Waals surface area contributed by atoms with E-state index in [-0.39, 0.29) is 23.2 Å². The highest BCUT2D eigenvalue weighted by Crippen LogP contribution is 2.47. The maximum atomic E-state index is 13.9. The van der Waals surface area contributed by atoms with Gasteiger partial charge in [-0.2, -0.15) is 0 Å². The lowest BCUT2D eigenvalue weighted by Gasteiger charge is -2.60. The molecule has 1 amide bonds. The lowest BCUT2D eigenvalue weighted by Crippen LogP contribution is -2.73. The number of nitrogens with zero attached hydrogens (tertiary/aromatic N) is 5. The second-order valence-corrected chi connectivity index (χ2v) is 14.6. The second kappa shape index (κ2) is 12.8. The number of methoxy groups -OCH3 is 1. The summed E-state index contributed by atoms with van der Waals surface area (Å²) in [5, 5.41) is 7.97. The maximum absolute atomic E-state index is 13.9. The van der Waals surface area contributed by atoms with Crippen LogP contribution in [-0.2, 0) is 19.7 Å². The summed E-state index contributed by atoms with van der Waals surface area (Å²) in [6.45, 7) is 6.32. The van der Waals surface area contributed by atoms with Gasteiger partial charge in [0, 0.05) is 50.1 Å². The molecule has 3 aliphatic rings. The van der Waals surface area contributed by atoms with Gasteiger partial charge in [-0.25, -0.2) is 32.1 Å². The summed E-state index contributed by atoms with van der Waals surface area (Å²) in [7, 11) is -1.66. The Hall–Kier alpha value is -5.05.